The molecule has 0 radical (unpaired) electrons. The lowest BCUT2D eigenvalue weighted by atomic mass is 9.91. The highest BCUT2D eigenvalue weighted by molar-refractivity contribution is 5.84. The van der Waals surface area contributed by atoms with Gasteiger partial charge in [-0.1, -0.05) is 42.5 Å². The van der Waals surface area contributed by atoms with E-state index in [0.29, 0.717) is 17.6 Å². The number of carbonyl (C=O) groups is 1. The number of para-hydroxylation sites is 3. The molecule has 2 N–H and O–H groups in total. The van der Waals surface area contributed by atoms with Gasteiger partial charge in [-0.05, 0) is 41.5 Å². The smallest absolute Gasteiger partial charge is 0.269 e. The summed E-state index contributed by atoms with van der Waals surface area (Å²) in [7, 11) is 1.64. The van der Waals surface area contributed by atoms with Crippen molar-refractivity contribution in [1.82, 2.24) is 19.9 Å². The molecule has 0 aliphatic heterocycles. The lowest BCUT2D eigenvalue weighted by molar-refractivity contribution is -0.121. The molecular weight excluding hydrogens is 428 g/mol. The predicted molar refractivity (Wildman–Crippen MR) is 132 cm³/mol. The van der Waals surface area contributed by atoms with E-state index in [-0.39, 0.29) is 23.9 Å². The lowest BCUT2D eigenvalue weighted by Crippen LogP contribution is -2.35. The van der Waals surface area contributed by atoms with E-state index in [1.54, 1.807) is 13.2 Å². The first-order valence-corrected chi connectivity index (χ1v) is 11.1. The number of hydrogen-bond acceptors (Lipinski definition) is 4. The van der Waals surface area contributed by atoms with Crippen molar-refractivity contribution in [3.05, 3.63) is 107 Å². The Morgan fingerprint density at radius 3 is 2.65 bits per heavy atom. The maximum atomic E-state index is 13.0. The summed E-state index contributed by atoms with van der Waals surface area (Å²) in [6.45, 7) is 0.301. The first-order chi connectivity index (χ1) is 16.6. The molecular formula is C27H24N4O3. The van der Waals surface area contributed by atoms with Gasteiger partial charge in [-0.15, -0.1) is 0 Å². The molecule has 0 saturated carbocycles. The first-order valence-electron chi connectivity index (χ1n) is 11.1. The second kappa shape index (κ2) is 9.23. The number of fused-ring (bicyclic) bond motifs is 2. The van der Waals surface area contributed by atoms with Gasteiger partial charge in [0.25, 0.3) is 5.56 Å². The van der Waals surface area contributed by atoms with Crippen LogP contribution in [0.2, 0.25) is 0 Å². The fourth-order valence-corrected chi connectivity index (χ4v) is 4.32. The summed E-state index contributed by atoms with van der Waals surface area (Å²) in [5.74, 6) is 0.447. The summed E-state index contributed by atoms with van der Waals surface area (Å²) in [6.07, 6.45) is 3.24. The number of H-pyrrole nitrogens is 1. The molecule has 0 spiro atoms. The molecule has 0 bridgehead atoms. The predicted octanol–water partition coefficient (Wildman–Crippen LogP) is 3.83. The number of aromatic nitrogens is 3. The van der Waals surface area contributed by atoms with Gasteiger partial charge in [-0.3, -0.25) is 14.2 Å². The number of nitrogens with zero attached hydrogens (tertiary/aromatic N) is 2. The third kappa shape index (κ3) is 4.15. The summed E-state index contributed by atoms with van der Waals surface area (Å²) in [6, 6.07) is 23.3. The van der Waals surface area contributed by atoms with Gasteiger partial charge in [-0.2, -0.15) is 0 Å². The molecule has 0 aliphatic rings. The SMILES string of the molecule is COc1ccc(C(CNC(=O)Cn2c(=O)cnc3ccccc32)c2c[nH]c3ccccc23)cc1. The van der Waals surface area contributed by atoms with Gasteiger partial charge in [0, 0.05) is 29.6 Å². The highest BCUT2D eigenvalue weighted by Gasteiger charge is 2.20. The van der Waals surface area contributed by atoms with Gasteiger partial charge in [0.05, 0.1) is 24.3 Å². The topological polar surface area (TPSA) is 89.0 Å². The Morgan fingerprint density at radius 2 is 1.82 bits per heavy atom. The summed E-state index contributed by atoms with van der Waals surface area (Å²) < 4.78 is 6.76. The zero-order chi connectivity index (χ0) is 23.5. The average Bonchev–Trinajstić information content (AvgIpc) is 3.30. The minimum atomic E-state index is -0.308. The lowest BCUT2D eigenvalue weighted by Gasteiger charge is -2.19. The molecule has 1 unspecified atom stereocenters. The van der Waals surface area contributed by atoms with Gasteiger partial charge in [0.1, 0.15) is 12.3 Å². The summed E-state index contributed by atoms with van der Waals surface area (Å²) >= 11 is 0. The van der Waals surface area contributed by atoms with Gasteiger partial charge in [0.15, 0.2) is 0 Å². The monoisotopic (exact) mass is 452 g/mol. The van der Waals surface area contributed by atoms with Crippen LogP contribution in [0, 0.1) is 0 Å². The number of ether oxygens (including phenoxy) is 1. The Morgan fingerprint density at radius 1 is 1.06 bits per heavy atom. The third-order valence-electron chi connectivity index (χ3n) is 6.07. The van der Waals surface area contributed by atoms with E-state index in [4.69, 9.17) is 4.74 Å². The van der Waals surface area contributed by atoms with Crippen LogP contribution in [0.3, 0.4) is 0 Å². The van der Waals surface area contributed by atoms with Crippen LogP contribution in [0.5, 0.6) is 5.75 Å². The van der Waals surface area contributed by atoms with Gasteiger partial charge in [0.2, 0.25) is 5.91 Å². The molecule has 0 saturated heterocycles. The van der Waals surface area contributed by atoms with Crippen LogP contribution in [-0.2, 0) is 11.3 Å². The molecule has 5 rings (SSSR count). The van der Waals surface area contributed by atoms with Crippen LogP contribution in [0.15, 0.2) is 90.0 Å². The van der Waals surface area contributed by atoms with Crippen molar-refractivity contribution >= 4 is 27.8 Å². The van der Waals surface area contributed by atoms with Crippen molar-refractivity contribution in [2.45, 2.75) is 12.5 Å². The number of benzene rings is 3. The van der Waals surface area contributed by atoms with Crippen LogP contribution in [0.4, 0.5) is 0 Å². The molecule has 7 heteroatoms. The van der Waals surface area contributed by atoms with Crippen LogP contribution >= 0.6 is 0 Å². The summed E-state index contributed by atoms with van der Waals surface area (Å²) in [5, 5.41) is 4.14. The van der Waals surface area contributed by atoms with E-state index in [0.717, 1.165) is 27.8 Å². The van der Waals surface area contributed by atoms with E-state index in [1.165, 1.54) is 10.8 Å². The number of aromatic amines is 1. The van der Waals surface area contributed by atoms with Crippen molar-refractivity contribution in [2.75, 3.05) is 13.7 Å². The maximum absolute atomic E-state index is 13.0. The van der Waals surface area contributed by atoms with Crippen molar-refractivity contribution in [3.63, 3.8) is 0 Å². The number of methoxy groups -OCH3 is 1. The maximum Gasteiger partial charge on any atom is 0.269 e. The second-order valence-electron chi connectivity index (χ2n) is 8.09. The normalized spacial score (nSPS) is 12.0. The van der Waals surface area contributed by atoms with Crippen LogP contribution < -0.4 is 15.6 Å². The standard InChI is InChI=1S/C27H24N4O3/c1-34-19-12-10-18(11-13-19)21(22-15-28-23-7-3-2-6-20(22)23)14-30-26(32)17-31-25-9-5-4-8-24(25)29-16-27(31)33/h2-13,15-16,21,28H,14,17H2,1H3,(H,30,32). The van der Waals surface area contributed by atoms with E-state index < -0.39 is 0 Å². The molecule has 0 fully saturated rings. The van der Waals surface area contributed by atoms with Crippen LogP contribution in [-0.4, -0.2) is 34.1 Å². The summed E-state index contributed by atoms with van der Waals surface area (Å²) in [4.78, 5) is 32.9. The van der Waals surface area contributed by atoms with Crippen molar-refractivity contribution in [1.29, 1.82) is 0 Å². The molecule has 1 amide bonds. The third-order valence-corrected chi connectivity index (χ3v) is 6.07. The quantitative estimate of drug-likeness (QED) is 0.393. The number of amides is 1. The number of hydrogen-bond donors (Lipinski definition) is 2. The Balaban J connectivity index is 1.42. The highest BCUT2D eigenvalue weighted by Crippen LogP contribution is 2.31. The second-order valence-corrected chi connectivity index (χ2v) is 8.09. The van der Waals surface area contributed by atoms with Crippen LogP contribution in [0.25, 0.3) is 21.9 Å². The molecule has 3 aromatic carbocycles. The van der Waals surface area contributed by atoms with Gasteiger partial charge in [-0.25, -0.2) is 4.98 Å². The molecule has 7 nitrogen and oxygen atoms in total. The Bertz CT molecular complexity index is 1520. The van der Waals surface area contributed by atoms with Crippen molar-refractivity contribution in [2.24, 2.45) is 0 Å². The minimum Gasteiger partial charge on any atom is -0.497 e. The average molecular weight is 453 g/mol. The molecule has 1 atom stereocenters. The number of rotatable bonds is 7. The fourth-order valence-electron chi connectivity index (χ4n) is 4.32. The van der Waals surface area contributed by atoms with E-state index >= 15 is 0 Å². The number of carbonyl (C=O) groups excluding carboxylic acids is 1. The minimum absolute atomic E-state index is 0.0783. The van der Waals surface area contributed by atoms with Crippen molar-refractivity contribution < 1.29 is 9.53 Å². The highest BCUT2D eigenvalue weighted by atomic mass is 16.5. The van der Waals surface area contributed by atoms with E-state index in [2.05, 4.69) is 21.4 Å². The van der Waals surface area contributed by atoms with Gasteiger partial charge >= 0.3 is 0 Å². The zero-order valence-electron chi connectivity index (χ0n) is 18.7. The molecule has 2 aromatic heterocycles. The Hall–Kier alpha value is -4.39. The number of nitrogens with one attached hydrogen (secondary N) is 2. The molecule has 170 valence electrons. The van der Waals surface area contributed by atoms with E-state index in [1.807, 2.05) is 66.9 Å². The summed E-state index contributed by atoms with van der Waals surface area (Å²) in [5.41, 5.74) is 4.18. The first kappa shape index (κ1) is 21.5. The fraction of sp³-hybridized carbons (Fsp3) is 0.148. The Kier molecular flexibility index (Phi) is 5.82. The largest absolute Gasteiger partial charge is 0.497 e. The van der Waals surface area contributed by atoms with Gasteiger partial charge < -0.3 is 15.0 Å². The Labute approximate surface area is 196 Å². The zero-order valence-corrected chi connectivity index (χ0v) is 18.7. The van der Waals surface area contributed by atoms with E-state index in [9.17, 15) is 9.59 Å². The molecule has 5 aromatic rings. The molecule has 34 heavy (non-hydrogen) atoms. The van der Waals surface area contributed by atoms with Crippen LogP contribution in [0.1, 0.15) is 17.0 Å². The molecule has 0 aliphatic carbocycles. The van der Waals surface area contributed by atoms with Crippen molar-refractivity contribution in [3.8, 4) is 5.75 Å². The molecule has 2 heterocycles.